The van der Waals surface area contributed by atoms with Gasteiger partial charge in [0.1, 0.15) is 0 Å². The van der Waals surface area contributed by atoms with Crippen LogP contribution in [0.2, 0.25) is 51.9 Å². The summed E-state index contributed by atoms with van der Waals surface area (Å²) in [5, 5.41) is 0. The third-order valence-corrected chi connectivity index (χ3v) is 13.3. The van der Waals surface area contributed by atoms with Crippen LogP contribution in [0.1, 0.15) is 12.0 Å². The molecule has 0 aromatic heterocycles. The average molecular weight is 341 g/mol. The molecule has 120 valence electrons. The zero-order valence-corrected chi connectivity index (χ0v) is 17.8. The second-order valence-corrected chi connectivity index (χ2v) is 20.5. The first-order valence-corrected chi connectivity index (χ1v) is 17.3. The number of hydrogen-bond acceptors (Lipinski definition) is 2. The van der Waals surface area contributed by atoms with Crippen molar-refractivity contribution in [3.63, 3.8) is 0 Å². The topological polar surface area (TPSA) is 18.5 Å². The van der Waals surface area contributed by atoms with Crippen molar-refractivity contribution in [2.75, 3.05) is 0 Å². The Morgan fingerprint density at radius 2 is 1.38 bits per heavy atom. The molecule has 0 N–H and O–H groups in total. The minimum absolute atomic E-state index is 1.15. The smallest absolute Gasteiger partial charge is 0.311 e. The number of rotatable bonds is 8. The Balaban J connectivity index is 2.46. The van der Waals surface area contributed by atoms with Crippen molar-refractivity contribution < 1.29 is 8.23 Å². The van der Waals surface area contributed by atoms with Crippen LogP contribution in [-0.4, -0.2) is 25.2 Å². The molecular weight excluding hydrogens is 308 g/mol. The van der Waals surface area contributed by atoms with Gasteiger partial charge in [-0.3, -0.25) is 0 Å². The van der Waals surface area contributed by atoms with E-state index in [0.717, 1.165) is 6.42 Å². The van der Waals surface area contributed by atoms with Gasteiger partial charge in [-0.2, -0.15) is 0 Å². The highest BCUT2D eigenvalue weighted by Gasteiger charge is 2.37. The molecule has 5 heteroatoms. The maximum atomic E-state index is 6.53. The van der Waals surface area contributed by atoms with Crippen LogP contribution in [0.25, 0.3) is 0 Å². The molecule has 1 rings (SSSR count). The van der Waals surface area contributed by atoms with Crippen LogP contribution in [0.5, 0.6) is 0 Å². The van der Waals surface area contributed by atoms with E-state index in [0.29, 0.717) is 0 Å². The van der Waals surface area contributed by atoms with Gasteiger partial charge in [0.25, 0.3) is 0 Å². The van der Waals surface area contributed by atoms with Crippen LogP contribution in [0.3, 0.4) is 0 Å². The summed E-state index contributed by atoms with van der Waals surface area (Å²) in [5.41, 5.74) is 1.43. The van der Waals surface area contributed by atoms with Gasteiger partial charge in [-0.25, -0.2) is 0 Å². The molecule has 0 unspecified atom stereocenters. The highest BCUT2D eigenvalue weighted by atomic mass is 28.5. The predicted octanol–water partition coefficient (Wildman–Crippen LogP) is 5.39. The zero-order valence-electron chi connectivity index (χ0n) is 14.8. The van der Waals surface area contributed by atoms with Crippen LogP contribution >= 0.6 is 0 Å². The molecule has 0 fully saturated rings. The Kier molecular flexibility index (Phi) is 6.61. The Morgan fingerprint density at radius 1 is 0.810 bits per heavy atom. The van der Waals surface area contributed by atoms with Crippen molar-refractivity contribution in [1.29, 1.82) is 0 Å². The van der Waals surface area contributed by atoms with E-state index in [9.17, 15) is 0 Å². The molecule has 0 heterocycles. The summed E-state index contributed by atoms with van der Waals surface area (Å²) in [6.45, 7) is 15.8. The molecule has 0 radical (unpaired) electrons. The van der Waals surface area contributed by atoms with Crippen molar-refractivity contribution in [2.45, 2.75) is 64.7 Å². The standard InChI is InChI=1S/C16H32O2Si3/c1-19(2,3)17-21(6,7)18-20(4,5)15-11-14-16-12-9-8-10-13-16/h8-10,12-13H,11,14-15H2,1-7H3. The summed E-state index contributed by atoms with van der Waals surface area (Å²) < 4.78 is 12.8. The van der Waals surface area contributed by atoms with E-state index in [1.165, 1.54) is 18.0 Å². The average Bonchev–Trinajstić information content (AvgIpc) is 2.24. The predicted molar refractivity (Wildman–Crippen MR) is 100 cm³/mol. The normalized spacial score (nSPS) is 13.5. The maximum Gasteiger partial charge on any atom is 0.311 e. The number of benzene rings is 1. The van der Waals surface area contributed by atoms with Crippen molar-refractivity contribution in [2.24, 2.45) is 0 Å². The number of aryl methyl sites for hydroxylation is 1. The molecule has 1 aromatic carbocycles. The highest BCUT2D eigenvalue weighted by molar-refractivity contribution is 6.87. The Labute approximate surface area is 134 Å². The summed E-state index contributed by atoms with van der Waals surface area (Å²) in [6.07, 6.45) is 2.36. The molecule has 0 aliphatic rings. The highest BCUT2D eigenvalue weighted by Crippen LogP contribution is 2.24. The maximum absolute atomic E-state index is 6.53. The summed E-state index contributed by atoms with van der Waals surface area (Å²) in [5.74, 6) is 0. The van der Waals surface area contributed by atoms with Crippen LogP contribution in [0.4, 0.5) is 0 Å². The molecule has 0 atom stereocenters. The van der Waals surface area contributed by atoms with E-state index in [1.807, 2.05) is 0 Å². The van der Waals surface area contributed by atoms with Gasteiger partial charge in [0.05, 0.1) is 0 Å². The van der Waals surface area contributed by atoms with Crippen molar-refractivity contribution in [3.8, 4) is 0 Å². The van der Waals surface area contributed by atoms with Gasteiger partial charge in [-0.15, -0.1) is 0 Å². The molecule has 0 saturated carbocycles. The van der Waals surface area contributed by atoms with Crippen molar-refractivity contribution in [1.82, 2.24) is 0 Å². The molecule has 0 aliphatic carbocycles. The monoisotopic (exact) mass is 340 g/mol. The molecule has 0 saturated heterocycles. The van der Waals surface area contributed by atoms with Gasteiger partial charge in [-0.1, -0.05) is 30.3 Å². The van der Waals surface area contributed by atoms with Gasteiger partial charge in [0.15, 0.2) is 16.6 Å². The van der Waals surface area contributed by atoms with Crippen LogP contribution < -0.4 is 0 Å². The van der Waals surface area contributed by atoms with E-state index >= 15 is 0 Å². The van der Waals surface area contributed by atoms with Gasteiger partial charge in [0.2, 0.25) is 0 Å². The summed E-state index contributed by atoms with van der Waals surface area (Å²) in [7, 11) is -5.13. The molecule has 0 spiro atoms. The van der Waals surface area contributed by atoms with E-state index in [1.54, 1.807) is 0 Å². The molecular formula is C16H32O2Si3. The van der Waals surface area contributed by atoms with Crippen molar-refractivity contribution >= 4 is 25.2 Å². The first-order chi connectivity index (χ1) is 9.49. The van der Waals surface area contributed by atoms with Crippen LogP contribution in [-0.2, 0) is 14.7 Å². The zero-order chi connectivity index (χ0) is 16.1. The van der Waals surface area contributed by atoms with E-state index in [2.05, 4.69) is 76.2 Å². The van der Waals surface area contributed by atoms with Crippen molar-refractivity contribution in [3.05, 3.63) is 35.9 Å². The minimum Gasteiger partial charge on any atom is -0.437 e. The van der Waals surface area contributed by atoms with E-state index in [4.69, 9.17) is 8.23 Å². The fraction of sp³-hybridized carbons (Fsp3) is 0.625. The second-order valence-electron chi connectivity index (χ2n) is 7.82. The SMILES string of the molecule is C[Si](C)(C)O[Si](C)(C)O[Si](C)(C)CCCc1ccccc1. The van der Waals surface area contributed by atoms with E-state index in [-0.39, 0.29) is 0 Å². The van der Waals surface area contributed by atoms with Crippen LogP contribution in [0, 0.1) is 0 Å². The molecule has 0 amide bonds. The van der Waals surface area contributed by atoms with Gasteiger partial charge >= 0.3 is 8.56 Å². The quantitative estimate of drug-likeness (QED) is 0.590. The third kappa shape index (κ3) is 8.73. The Bertz CT molecular complexity index is 425. The van der Waals surface area contributed by atoms with E-state index < -0.39 is 25.2 Å². The lowest BCUT2D eigenvalue weighted by Gasteiger charge is -2.37. The summed E-state index contributed by atoms with van der Waals surface area (Å²) >= 11 is 0. The lowest BCUT2D eigenvalue weighted by Crippen LogP contribution is -2.51. The van der Waals surface area contributed by atoms with Gasteiger partial charge in [-0.05, 0) is 70.3 Å². The van der Waals surface area contributed by atoms with Gasteiger partial charge < -0.3 is 8.23 Å². The third-order valence-electron chi connectivity index (χ3n) is 3.16. The molecule has 1 aromatic rings. The summed E-state index contributed by atoms with van der Waals surface area (Å²) in [4.78, 5) is 0. The molecule has 0 aliphatic heterocycles. The minimum atomic E-state index is -1.98. The fourth-order valence-corrected chi connectivity index (χ4v) is 16.0. The fourth-order valence-electron chi connectivity index (χ4n) is 2.84. The Morgan fingerprint density at radius 3 is 1.90 bits per heavy atom. The molecule has 2 nitrogen and oxygen atoms in total. The van der Waals surface area contributed by atoms with Crippen LogP contribution in [0.15, 0.2) is 30.3 Å². The van der Waals surface area contributed by atoms with Gasteiger partial charge in [0, 0.05) is 0 Å². The first-order valence-electron chi connectivity index (χ1n) is 7.93. The first kappa shape index (κ1) is 18.8. The second kappa shape index (κ2) is 7.37. The molecule has 0 bridgehead atoms. The molecule has 21 heavy (non-hydrogen) atoms. The number of hydrogen-bond donors (Lipinski definition) is 0. The lowest BCUT2D eigenvalue weighted by molar-refractivity contribution is 0.391. The summed E-state index contributed by atoms with van der Waals surface area (Å²) in [6, 6.07) is 11.9. The Hall–Kier alpha value is -0.209. The lowest BCUT2D eigenvalue weighted by atomic mass is 10.1. The largest absolute Gasteiger partial charge is 0.437 e.